The summed E-state index contributed by atoms with van der Waals surface area (Å²) in [5.41, 5.74) is 0. The first-order chi connectivity index (χ1) is 7.34. The number of aryl methyl sites for hydroxylation is 1. The number of likely N-dealkylation sites (tertiary alicyclic amines) is 1. The number of hydrogen-bond donors (Lipinski definition) is 0. The van der Waals surface area contributed by atoms with E-state index in [-0.39, 0.29) is 0 Å². The molecule has 0 amide bonds. The molecule has 0 aromatic carbocycles. The number of nitrogens with zero attached hydrogens (tertiary/aromatic N) is 3. The molecule has 2 rings (SSSR count). The molecule has 0 N–H and O–H groups in total. The lowest BCUT2D eigenvalue weighted by Gasteiger charge is -2.25. The SMILES string of the molecule is Cn1cc(OCCN2CCCCC2)cn1. The van der Waals surface area contributed by atoms with Crippen LogP contribution in [-0.4, -0.2) is 40.9 Å². The van der Waals surface area contributed by atoms with Crippen LogP contribution in [0.5, 0.6) is 5.75 Å². The lowest BCUT2D eigenvalue weighted by atomic mass is 10.1. The van der Waals surface area contributed by atoms with Crippen molar-refractivity contribution in [3.63, 3.8) is 0 Å². The van der Waals surface area contributed by atoms with Crippen molar-refractivity contribution in [3.8, 4) is 5.75 Å². The van der Waals surface area contributed by atoms with Crippen LogP contribution in [0.3, 0.4) is 0 Å². The first kappa shape index (κ1) is 10.5. The second-order valence-electron chi connectivity index (χ2n) is 4.10. The Morgan fingerprint density at radius 2 is 2.13 bits per heavy atom. The van der Waals surface area contributed by atoms with Crippen LogP contribution >= 0.6 is 0 Å². The molecule has 0 aliphatic carbocycles. The van der Waals surface area contributed by atoms with Gasteiger partial charge in [-0.1, -0.05) is 6.42 Å². The first-order valence-corrected chi connectivity index (χ1v) is 5.68. The van der Waals surface area contributed by atoms with Crippen LogP contribution in [-0.2, 0) is 7.05 Å². The lowest BCUT2D eigenvalue weighted by Crippen LogP contribution is -2.33. The van der Waals surface area contributed by atoms with Gasteiger partial charge in [0.15, 0.2) is 5.75 Å². The van der Waals surface area contributed by atoms with Crippen LogP contribution in [0.1, 0.15) is 19.3 Å². The Morgan fingerprint density at radius 3 is 2.80 bits per heavy atom. The van der Waals surface area contributed by atoms with Gasteiger partial charge in [-0.15, -0.1) is 0 Å². The Morgan fingerprint density at radius 1 is 1.33 bits per heavy atom. The number of hydrogen-bond acceptors (Lipinski definition) is 3. The predicted molar refractivity (Wildman–Crippen MR) is 59.0 cm³/mol. The van der Waals surface area contributed by atoms with E-state index in [1.54, 1.807) is 10.9 Å². The molecule has 1 saturated heterocycles. The average Bonchev–Trinajstić information content (AvgIpc) is 2.66. The molecule has 4 nitrogen and oxygen atoms in total. The van der Waals surface area contributed by atoms with Crippen LogP contribution in [0, 0.1) is 0 Å². The zero-order chi connectivity index (χ0) is 10.5. The maximum atomic E-state index is 5.60. The minimum absolute atomic E-state index is 0.770. The molecular weight excluding hydrogens is 190 g/mol. The van der Waals surface area contributed by atoms with Crippen molar-refractivity contribution in [1.82, 2.24) is 14.7 Å². The van der Waals surface area contributed by atoms with Gasteiger partial charge >= 0.3 is 0 Å². The minimum Gasteiger partial charge on any atom is -0.489 e. The Bertz CT molecular complexity index is 292. The lowest BCUT2D eigenvalue weighted by molar-refractivity contribution is 0.183. The van der Waals surface area contributed by atoms with E-state index in [1.165, 1.54) is 32.4 Å². The summed E-state index contributed by atoms with van der Waals surface area (Å²) in [6, 6.07) is 0. The molecule has 0 spiro atoms. The summed E-state index contributed by atoms with van der Waals surface area (Å²) in [5, 5.41) is 4.06. The van der Waals surface area contributed by atoms with E-state index < -0.39 is 0 Å². The Hall–Kier alpha value is -1.03. The van der Waals surface area contributed by atoms with Gasteiger partial charge in [0.25, 0.3) is 0 Å². The summed E-state index contributed by atoms with van der Waals surface area (Å²) in [5.74, 6) is 0.870. The van der Waals surface area contributed by atoms with Gasteiger partial charge in [0.1, 0.15) is 6.61 Å². The van der Waals surface area contributed by atoms with Crippen molar-refractivity contribution in [2.75, 3.05) is 26.2 Å². The van der Waals surface area contributed by atoms with Crippen molar-refractivity contribution >= 4 is 0 Å². The Kier molecular flexibility index (Phi) is 3.61. The fourth-order valence-corrected chi connectivity index (χ4v) is 1.95. The molecule has 0 bridgehead atoms. The molecule has 2 heterocycles. The summed E-state index contributed by atoms with van der Waals surface area (Å²) in [7, 11) is 1.90. The van der Waals surface area contributed by atoms with Gasteiger partial charge in [0.05, 0.1) is 12.4 Å². The average molecular weight is 209 g/mol. The van der Waals surface area contributed by atoms with E-state index in [9.17, 15) is 0 Å². The fraction of sp³-hybridized carbons (Fsp3) is 0.727. The monoisotopic (exact) mass is 209 g/mol. The maximum absolute atomic E-state index is 5.60. The summed E-state index contributed by atoms with van der Waals surface area (Å²) >= 11 is 0. The highest BCUT2D eigenvalue weighted by atomic mass is 16.5. The topological polar surface area (TPSA) is 30.3 Å². The molecule has 0 atom stereocenters. The predicted octanol–water partition coefficient (Wildman–Crippen LogP) is 1.28. The van der Waals surface area contributed by atoms with E-state index in [0.29, 0.717) is 0 Å². The van der Waals surface area contributed by atoms with Crippen molar-refractivity contribution in [2.45, 2.75) is 19.3 Å². The van der Waals surface area contributed by atoms with Crippen molar-refractivity contribution in [2.24, 2.45) is 7.05 Å². The maximum Gasteiger partial charge on any atom is 0.157 e. The third-order valence-corrected chi connectivity index (χ3v) is 2.81. The highest BCUT2D eigenvalue weighted by Gasteiger charge is 2.09. The van der Waals surface area contributed by atoms with Gasteiger partial charge in [0.2, 0.25) is 0 Å². The van der Waals surface area contributed by atoms with Gasteiger partial charge in [-0.3, -0.25) is 9.58 Å². The zero-order valence-corrected chi connectivity index (χ0v) is 9.35. The third-order valence-electron chi connectivity index (χ3n) is 2.81. The summed E-state index contributed by atoms with van der Waals surface area (Å²) < 4.78 is 7.36. The number of aromatic nitrogens is 2. The minimum atomic E-state index is 0.770. The van der Waals surface area contributed by atoms with E-state index in [4.69, 9.17) is 4.74 Å². The number of piperidine rings is 1. The second kappa shape index (κ2) is 5.16. The van der Waals surface area contributed by atoms with Gasteiger partial charge in [-0.25, -0.2) is 0 Å². The third kappa shape index (κ3) is 3.23. The normalized spacial score (nSPS) is 17.9. The molecular formula is C11H19N3O. The largest absolute Gasteiger partial charge is 0.489 e. The molecule has 0 radical (unpaired) electrons. The smallest absolute Gasteiger partial charge is 0.157 e. The van der Waals surface area contributed by atoms with Gasteiger partial charge < -0.3 is 4.74 Å². The van der Waals surface area contributed by atoms with Crippen LogP contribution < -0.4 is 4.74 Å². The molecule has 0 unspecified atom stereocenters. The zero-order valence-electron chi connectivity index (χ0n) is 9.35. The van der Waals surface area contributed by atoms with E-state index >= 15 is 0 Å². The molecule has 1 fully saturated rings. The summed E-state index contributed by atoms with van der Waals surface area (Å²) in [4.78, 5) is 2.47. The van der Waals surface area contributed by atoms with Crippen molar-refractivity contribution < 1.29 is 4.74 Å². The number of ether oxygens (including phenoxy) is 1. The van der Waals surface area contributed by atoms with Crippen molar-refractivity contribution in [1.29, 1.82) is 0 Å². The molecule has 4 heteroatoms. The van der Waals surface area contributed by atoms with Crippen LogP contribution in [0.2, 0.25) is 0 Å². The summed E-state index contributed by atoms with van der Waals surface area (Å²) in [6.45, 7) is 4.27. The van der Waals surface area contributed by atoms with Gasteiger partial charge in [-0.05, 0) is 25.9 Å². The van der Waals surface area contributed by atoms with Crippen LogP contribution in [0.25, 0.3) is 0 Å². The molecule has 0 saturated carbocycles. The molecule has 1 aliphatic rings. The van der Waals surface area contributed by atoms with Gasteiger partial charge in [0, 0.05) is 13.6 Å². The van der Waals surface area contributed by atoms with Crippen LogP contribution in [0.4, 0.5) is 0 Å². The quantitative estimate of drug-likeness (QED) is 0.748. The molecule has 1 aromatic heterocycles. The van der Waals surface area contributed by atoms with E-state index in [0.717, 1.165) is 18.9 Å². The number of rotatable bonds is 4. The fourth-order valence-electron chi connectivity index (χ4n) is 1.95. The highest BCUT2D eigenvalue weighted by molar-refractivity contribution is 5.11. The van der Waals surface area contributed by atoms with Crippen molar-refractivity contribution in [3.05, 3.63) is 12.4 Å². The Balaban J connectivity index is 1.65. The summed E-state index contributed by atoms with van der Waals surface area (Å²) in [6.07, 6.45) is 7.73. The Labute approximate surface area is 90.8 Å². The standard InChI is InChI=1S/C11H19N3O/c1-13-10-11(9-12-13)15-8-7-14-5-3-2-4-6-14/h9-10H,2-8H2,1H3. The molecule has 15 heavy (non-hydrogen) atoms. The second-order valence-corrected chi connectivity index (χ2v) is 4.10. The molecule has 1 aromatic rings. The molecule has 1 aliphatic heterocycles. The highest BCUT2D eigenvalue weighted by Crippen LogP contribution is 2.09. The van der Waals surface area contributed by atoms with E-state index in [1.807, 2.05) is 13.2 Å². The van der Waals surface area contributed by atoms with Gasteiger partial charge in [-0.2, -0.15) is 5.10 Å². The molecule has 84 valence electrons. The van der Waals surface area contributed by atoms with E-state index in [2.05, 4.69) is 10.00 Å². The first-order valence-electron chi connectivity index (χ1n) is 5.68. The van der Waals surface area contributed by atoms with Crippen LogP contribution in [0.15, 0.2) is 12.4 Å².